The van der Waals surface area contributed by atoms with Crippen LogP contribution >= 0.6 is 0 Å². The van der Waals surface area contributed by atoms with E-state index in [1.807, 2.05) is 0 Å². The van der Waals surface area contributed by atoms with Gasteiger partial charge in [0.05, 0.1) is 12.0 Å². The van der Waals surface area contributed by atoms with Gasteiger partial charge in [-0.25, -0.2) is 8.42 Å². The standard InChI is InChI=1S/C18H27N3O5S/c22-17(15-5-2-1-3-6-15)19-8-14-27(24,25)21-11-9-20(10-12-21)18(23)16-7-4-13-26-16/h4,7,13,15H,1-3,5-6,8-12,14H2,(H,19,22). The average molecular weight is 397 g/mol. The van der Waals surface area contributed by atoms with E-state index in [4.69, 9.17) is 4.42 Å². The molecule has 2 amide bonds. The van der Waals surface area contributed by atoms with Crippen LogP contribution in [0.1, 0.15) is 42.7 Å². The third-order valence-corrected chi connectivity index (χ3v) is 7.16. The lowest BCUT2D eigenvalue weighted by molar-refractivity contribution is -0.125. The second-order valence-electron chi connectivity index (χ2n) is 7.11. The summed E-state index contributed by atoms with van der Waals surface area (Å²) >= 11 is 0. The van der Waals surface area contributed by atoms with Gasteiger partial charge in [0, 0.05) is 38.6 Å². The Bertz CT molecular complexity index is 733. The Hall–Kier alpha value is -1.87. The van der Waals surface area contributed by atoms with Gasteiger partial charge in [0.1, 0.15) is 0 Å². The molecule has 1 aromatic heterocycles. The van der Waals surface area contributed by atoms with Crippen LogP contribution in [0.3, 0.4) is 0 Å². The molecule has 1 aliphatic carbocycles. The smallest absolute Gasteiger partial charge is 0.289 e. The van der Waals surface area contributed by atoms with Gasteiger partial charge in [0.2, 0.25) is 15.9 Å². The molecule has 2 heterocycles. The summed E-state index contributed by atoms with van der Waals surface area (Å²) in [6.45, 7) is 1.29. The van der Waals surface area contributed by atoms with Crippen LogP contribution in [0.4, 0.5) is 0 Å². The highest BCUT2D eigenvalue weighted by Gasteiger charge is 2.30. The summed E-state index contributed by atoms with van der Waals surface area (Å²) in [5.74, 6) is -0.0812. The third-order valence-electron chi connectivity index (χ3n) is 5.29. The SMILES string of the molecule is O=C(NCCS(=O)(=O)N1CCN(C(=O)c2ccco2)CC1)C1CCCCC1. The molecule has 8 nitrogen and oxygen atoms in total. The number of carbonyl (C=O) groups excluding carboxylic acids is 2. The van der Waals surface area contributed by atoms with E-state index >= 15 is 0 Å². The molecule has 3 rings (SSSR count). The van der Waals surface area contributed by atoms with E-state index in [2.05, 4.69) is 5.32 Å². The molecule has 1 N–H and O–H groups in total. The van der Waals surface area contributed by atoms with Crippen molar-refractivity contribution in [3.63, 3.8) is 0 Å². The summed E-state index contributed by atoms with van der Waals surface area (Å²) in [5.41, 5.74) is 0. The van der Waals surface area contributed by atoms with Gasteiger partial charge >= 0.3 is 0 Å². The summed E-state index contributed by atoms with van der Waals surface area (Å²) < 4.78 is 31.5. The molecule has 0 bridgehead atoms. The topological polar surface area (TPSA) is 99.9 Å². The first-order valence-corrected chi connectivity index (χ1v) is 11.2. The quantitative estimate of drug-likeness (QED) is 0.774. The normalized spacial score (nSPS) is 19.8. The number of nitrogens with zero attached hydrogens (tertiary/aromatic N) is 2. The molecule has 2 aliphatic rings. The van der Waals surface area contributed by atoms with Crippen LogP contribution in [0.2, 0.25) is 0 Å². The number of nitrogens with one attached hydrogen (secondary N) is 1. The Kier molecular flexibility index (Phi) is 6.54. The second-order valence-corrected chi connectivity index (χ2v) is 9.20. The Morgan fingerprint density at radius 1 is 1.11 bits per heavy atom. The van der Waals surface area contributed by atoms with Gasteiger partial charge in [-0.1, -0.05) is 19.3 Å². The number of hydrogen-bond donors (Lipinski definition) is 1. The van der Waals surface area contributed by atoms with Crippen LogP contribution in [0.5, 0.6) is 0 Å². The van der Waals surface area contributed by atoms with Crippen molar-refractivity contribution in [2.45, 2.75) is 32.1 Å². The monoisotopic (exact) mass is 397 g/mol. The van der Waals surface area contributed by atoms with Gasteiger partial charge in [0.25, 0.3) is 5.91 Å². The first-order valence-electron chi connectivity index (χ1n) is 9.56. The van der Waals surface area contributed by atoms with Crippen LogP contribution in [-0.4, -0.2) is 67.9 Å². The maximum Gasteiger partial charge on any atom is 0.289 e. The minimum atomic E-state index is -3.46. The van der Waals surface area contributed by atoms with Gasteiger partial charge in [-0.2, -0.15) is 4.31 Å². The van der Waals surface area contributed by atoms with E-state index < -0.39 is 10.0 Å². The Labute approximate surface area is 159 Å². The van der Waals surface area contributed by atoms with Gasteiger partial charge in [-0.15, -0.1) is 0 Å². The predicted molar refractivity (Wildman–Crippen MR) is 99.6 cm³/mol. The first-order chi connectivity index (χ1) is 13.0. The number of amides is 2. The summed E-state index contributed by atoms with van der Waals surface area (Å²) in [7, 11) is -3.46. The Morgan fingerprint density at radius 3 is 2.44 bits per heavy atom. The molecule has 1 saturated heterocycles. The maximum absolute atomic E-state index is 12.5. The molecule has 0 atom stereocenters. The zero-order chi connectivity index (χ0) is 19.3. The molecule has 0 radical (unpaired) electrons. The molecule has 0 unspecified atom stereocenters. The van der Waals surface area contributed by atoms with Crippen molar-refractivity contribution >= 4 is 21.8 Å². The van der Waals surface area contributed by atoms with E-state index in [1.54, 1.807) is 17.0 Å². The van der Waals surface area contributed by atoms with Crippen molar-refractivity contribution in [3.8, 4) is 0 Å². The van der Waals surface area contributed by atoms with Crippen molar-refractivity contribution in [2.75, 3.05) is 38.5 Å². The van der Waals surface area contributed by atoms with Crippen LogP contribution < -0.4 is 5.32 Å². The minimum absolute atomic E-state index is 0.0256. The van der Waals surface area contributed by atoms with Gasteiger partial charge in [-0.05, 0) is 25.0 Å². The molecule has 27 heavy (non-hydrogen) atoms. The number of furan rings is 1. The van der Waals surface area contributed by atoms with Crippen molar-refractivity contribution in [2.24, 2.45) is 5.92 Å². The zero-order valence-electron chi connectivity index (χ0n) is 15.4. The van der Waals surface area contributed by atoms with Crippen LogP contribution in [-0.2, 0) is 14.8 Å². The highest BCUT2D eigenvalue weighted by molar-refractivity contribution is 7.89. The number of rotatable bonds is 6. The van der Waals surface area contributed by atoms with Crippen molar-refractivity contribution < 1.29 is 22.4 Å². The molecule has 2 fully saturated rings. The predicted octanol–water partition coefficient (Wildman–Crippen LogP) is 1.06. The number of sulfonamides is 1. The molecule has 0 aromatic carbocycles. The fourth-order valence-corrected chi connectivity index (χ4v) is 5.00. The summed E-state index contributed by atoms with van der Waals surface area (Å²) in [5, 5.41) is 2.77. The fourth-order valence-electron chi connectivity index (χ4n) is 3.67. The van der Waals surface area contributed by atoms with Crippen LogP contribution in [0.25, 0.3) is 0 Å². The number of hydrogen-bond acceptors (Lipinski definition) is 5. The van der Waals surface area contributed by atoms with Crippen LogP contribution in [0, 0.1) is 5.92 Å². The van der Waals surface area contributed by atoms with E-state index in [9.17, 15) is 18.0 Å². The third kappa shape index (κ3) is 5.10. The summed E-state index contributed by atoms with van der Waals surface area (Å²) in [6, 6.07) is 3.25. The molecule has 150 valence electrons. The van der Waals surface area contributed by atoms with Crippen molar-refractivity contribution in [1.29, 1.82) is 0 Å². The lowest BCUT2D eigenvalue weighted by Crippen LogP contribution is -2.51. The fraction of sp³-hybridized carbons (Fsp3) is 0.667. The minimum Gasteiger partial charge on any atom is -0.459 e. The van der Waals surface area contributed by atoms with E-state index in [1.165, 1.54) is 17.0 Å². The van der Waals surface area contributed by atoms with Crippen LogP contribution in [0.15, 0.2) is 22.8 Å². The molecule has 1 saturated carbocycles. The van der Waals surface area contributed by atoms with Gasteiger partial charge in [0.15, 0.2) is 5.76 Å². The molecule has 9 heteroatoms. The zero-order valence-corrected chi connectivity index (χ0v) is 16.2. The van der Waals surface area contributed by atoms with Gasteiger partial charge < -0.3 is 14.6 Å². The molecule has 1 aliphatic heterocycles. The lowest BCUT2D eigenvalue weighted by atomic mass is 9.89. The van der Waals surface area contributed by atoms with E-state index in [-0.39, 0.29) is 48.9 Å². The number of carbonyl (C=O) groups is 2. The average Bonchev–Trinajstić information content (AvgIpc) is 3.23. The first kappa shape index (κ1) is 19.9. The van der Waals surface area contributed by atoms with Gasteiger partial charge in [-0.3, -0.25) is 9.59 Å². The van der Waals surface area contributed by atoms with Crippen molar-refractivity contribution in [3.05, 3.63) is 24.2 Å². The lowest BCUT2D eigenvalue weighted by Gasteiger charge is -2.33. The second kappa shape index (κ2) is 8.88. The Balaban J connectivity index is 1.43. The molecule has 1 aromatic rings. The van der Waals surface area contributed by atoms with E-state index in [0.29, 0.717) is 13.1 Å². The molecule has 0 spiro atoms. The Morgan fingerprint density at radius 2 is 1.81 bits per heavy atom. The molecular weight excluding hydrogens is 370 g/mol. The maximum atomic E-state index is 12.5. The number of piperazine rings is 1. The highest BCUT2D eigenvalue weighted by atomic mass is 32.2. The van der Waals surface area contributed by atoms with Crippen molar-refractivity contribution in [1.82, 2.24) is 14.5 Å². The van der Waals surface area contributed by atoms with E-state index in [0.717, 1.165) is 25.7 Å². The largest absolute Gasteiger partial charge is 0.459 e. The summed E-state index contributed by atoms with van der Waals surface area (Å²) in [4.78, 5) is 25.9. The highest BCUT2D eigenvalue weighted by Crippen LogP contribution is 2.23. The molecular formula is C18H27N3O5S. The summed E-state index contributed by atoms with van der Waals surface area (Å²) in [6.07, 6.45) is 6.53.